The number of urea groups is 1. The first-order valence-electron chi connectivity index (χ1n) is 9.29. The van der Waals surface area contributed by atoms with E-state index < -0.39 is 5.91 Å². The lowest BCUT2D eigenvalue weighted by molar-refractivity contribution is 0.1000. The van der Waals surface area contributed by atoms with Gasteiger partial charge in [-0.1, -0.05) is 42.5 Å². The predicted molar refractivity (Wildman–Crippen MR) is 105 cm³/mol. The molecule has 2 aromatic rings. The number of hydrogen-bond acceptors (Lipinski definition) is 3. The van der Waals surface area contributed by atoms with E-state index in [1.54, 1.807) is 18.2 Å². The van der Waals surface area contributed by atoms with Crippen molar-refractivity contribution in [3.05, 3.63) is 71.3 Å². The number of amides is 3. The van der Waals surface area contributed by atoms with Crippen molar-refractivity contribution in [3.8, 4) is 0 Å². The van der Waals surface area contributed by atoms with Gasteiger partial charge in [-0.15, -0.1) is 0 Å². The Bertz CT molecular complexity index is 771. The van der Waals surface area contributed by atoms with Crippen LogP contribution in [0.5, 0.6) is 0 Å². The molecule has 6 heteroatoms. The number of benzene rings is 2. The zero-order chi connectivity index (χ0) is 19.1. The highest BCUT2D eigenvalue weighted by Crippen LogP contribution is 2.14. The first-order chi connectivity index (χ1) is 13.1. The molecule has 1 aliphatic rings. The number of carbonyl (C=O) groups is 2. The molecule has 0 bridgehead atoms. The minimum Gasteiger partial charge on any atom is -0.366 e. The molecule has 0 radical (unpaired) electrons. The van der Waals surface area contributed by atoms with Crippen LogP contribution in [0.3, 0.4) is 0 Å². The topological polar surface area (TPSA) is 87.5 Å². The molecule has 0 aliphatic carbocycles. The van der Waals surface area contributed by atoms with Crippen LogP contribution >= 0.6 is 0 Å². The number of nitrogens with one attached hydrogen (secondary N) is 2. The number of nitrogens with two attached hydrogens (primary N) is 1. The molecule has 0 aromatic heterocycles. The van der Waals surface area contributed by atoms with Gasteiger partial charge in [-0.3, -0.25) is 9.69 Å². The third-order valence-electron chi connectivity index (χ3n) is 4.84. The molecular weight excluding hydrogens is 340 g/mol. The molecule has 27 heavy (non-hydrogen) atoms. The maximum Gasteiger partial charge on any atom is 0.315 e. The molecule has 2 aromatic carbocycles. The lowest BCUT2D eigenvalue weighted by Crippen LogP contribution is -2.47. The maximum absolute atomic E-state index is 12.1. The fourth-order valence-corrected chi connectivity index (χ4v) is 3.33. The molecule has 142 valence electrons. The van der Waals surface area contributed by atoms with Gasteiger partial charge >= 0.3 is 6.03 Å². The highest BCUT2D eigenvalue weighted by atomic mass is 16.2. The molecule has 0 atom stereocenters. The molecule has 1 aliphatic heterocycles. The van der Waals surface area contributed by atoms with E-state index in [9.17, 15) is 9.59 Å². The van der Waals surface area contributed by atoms with Crippen molar-refractivity contribution in [2.75, 3.05) is 13.1 Å². The number of piperidine rings is 1. The van der Waals surface area contributed by atoms with Gasteiger partial charge in [0.25, 0.3) is 0 Å². The van der Waals surface area contributed by atoms with Gasteiger partial charge in [-0.2, -0.15) is 0 Å². The van der Waals surface area contributed by atoms with Gasteiger partial charge in [0.05, 0.1) is 0 Å². The van der Waals surface area contributed by atoms with Crippen LogP contribution in [0.4, 0.5) is 4.79 Å². The first-order valence-corrected chi connectivity index (χ1v) is 9.29. The van der Waals surface area contributed by atoms with Crippen molar-refractivity contribution in [1.82, 2.24) is 15.5 Å². The van der Waals surface area contributed by atoms with Crippen LogP contribution in [0, 0.1) is 0 Å². The van der Waals surface area contributed by atoms with Gasteiger partial charge in [-0.05, 0) is 36.1 Å². The van der Waals surface area contributed by atoms with Crippen LogP contribution in [0.15, 0.2) is 54.6 Å². The smallest absolute Gasteiger partial charge is 0.315 e. The molecule has 3 amide bonds. The molecular formula is C21H26N4O2. The third kappa shape index (κ3) is 5.82. The summed E-state index contributed by atoms with van der Waals surface area (Å²) in [6.07, 6.45) is 1.88. The molecule has 6 nitrogen and oxygen atoms in total. The van der Waals surface area contributed by atoms with Gasteiger partial charge in [0.2, 0.25) is 5.91 Å². The largest absolute Gasteiger partial charge is 0.366 e. The van der Waals surface area contributed by atoms with Gasteiger partial charge in [0, 0.05) is 37.8 Å². The van der Waals surface area contributed by atoms with E-state index in [1.807, 2.05) is 12.1 Å². The van der Waals surface area contributed by atoms with Crippen molar-refractivity contribution >= 4 is 11.9 Å². The van der Waals surface area contributed by atoms with E-state index in [1.165, 1.54) is 5.56 Å². The van der Waals surface area contributed by atoms with E-state index in [0.29, 0.717) is 12.1 Å². The standard InChI is InChI=1S/C21H26N4O2/c22-20(26)18-8-4-7-17(13-18)14-23-21(27)24-19-9-11-25(12-10-19)15-16-5-2-1-3-6-16/h1-8,13,19H,9-12,14-15H2,(H2,22,26)(H2,23,24,27). The summed E-state index contributed by atoms with van der Waals surface area (Å²) >= 11 is 0. The Morgan fingerprint density at radius 2 is 1.70 bits per heavy atom. The SMILES string of the molecule is NC(=O)c1cccc(CNC(=O)NC2CCN(Cc3ccccc3)CC2)c1. The number of rotatable bonds is 6. The Labute approximate surface area is 159 Å². The summed E-state index contributed by atoms with van der Waals surface area (Å²) in [6.45, 7) is 3.26. The predicted octanol–water partition coefficient (Wildman–Crippen LogP) is 2.25. The van der Waals surface area contributed by atoms with E-state index in [-0.39, 0.29) is 12.1 Å². The van der Waals surface area contributed by atoms with Crippen molar-refractivity contribution in [3.63, 3.8) is 0 Å². The average molecular weight is 366 g/mol. The second-order valence-electron chi connectivity index (χ2n) is 6.93. The summed E-state index contributed by atoms with van der Waals surface area (Å²) in [6, 6.07) is 17.4. The lowest BCUT2D eigenvalue weighted by atomic mass is 10.0. The minimum absolute atomic E-state index is 0.180. The molecule has 0 unspecified atom stereocenters. The van der Waals surface area contributed by atoms with E-state index in [0.717, 1.165) is 38.0 Å². The second kappa shape index (κ2) is 9.19. The Morgan fingerprint density at radius 3 is 2.41 bits per heavy atom. The summed E-state index contributed by atoms with van der Waals surface area (Å²) in [5, 5.41) is 5.89. The van der Waals surface area contributed by atoms with Crippen molar-refractivity contribution < 1.29 is 9.59 Å². The summed E-state index contributed by atoms with van der Waals surface area (Å²) in [5.74, 6) is -0.469. The van der Waals surface area contributed by atoms with Crippen LogP contribution in [0.2, 0.25) is 0 Å². The van der Waals surface area contributed by atoms with Gasteiger partial charge in [0.1, 0.15) is 0 Å². The van der Waals surface area contributed by atoms with Crippen LogP contribution < -0.4 is 16.4 Å². The normalized spacial score (nSPS) is 15.3. The van der Waals surface area contributed by atoms with Gasteiger partial charge < -0.3 is 16.4 Å². The van der Waals surface area contributed by atoms with Gasteiger partial charge in [0.15, 0.2) is 0 Å². The van der Waals surface area contributed by atoms with E-state index in [2.05, 4.69) is 39.8 Å². The summed E-state index contributed by atoms with van der Waals surface area (Å²) in [5.41, 5.74) is 7.89. The molecule has 4 N–H and O–H groups in total. The van der Waals surface area contributed by atoms with E-state index in [4.69, 9.17) is 5.73 Å². The second-order valence-corrected chi connectivity index (χ2v) is 6.93. The Hall–Kier alpha value is -2.86. The number of carbonyl (C=O) groups excluding carboxylic acids is 2. The number of likely N-dealkylation sites (tertiary alicyclic amines) is 1. The molecule has 1 fully saturated rings. The number of primary amides is 1. The van der Waals surface area contributed by atoms with Gasteiger partial charge in [-0.25, -0.2) is 4.79 Å². The number of hydrogen-bond donors (Lipinski definition) is 3. The van der Waals surface area contributed by atoms with Crippen molar-refractivity contribution in [2.24, 2.45) is 5.73 Å². The minimum atomic E-state index is -0.469. The zero-order valence-corrected chi connectivity index (χ0v) is 15.4. The van der Waals surface area contributed by atoms with Crippen LogP contribution in [0.1, 0.15) is 34.3 Å². The molecule has 1 saturated heterocycles. The third-order valence-corrected chi connectivity index (χ3v) is 4.84. The van der Waals surface area contributed by atoms with Crippen LogP contribution in [-0.2, 0) is 13.1 Å². The Kier molecular flexibility index (Phi) is 6.44. The fraction of sp³-hybridized carbons (Fsp3) is 0.333. The quantitative estimate of drug-likeness (QED) is 0.733. The molecule has 0 spiro atoms. The lowest BCUT2D eigenvalue weighted by Gasteiger charge is -2.32. The highest BCUT2D eigenvalue weighted by Gasteiger charge is 2.20. The Balaban J connectivity index is 1.39. The fourth-order valence-electron chi connectivity index (χ4n) is 3.33. The highest BCUT2D eigenvalue weighted by molar-refractivity contribution is 5.92. The zero-order valence-electron chi connectivity index (χ0n) is 15.4. The van der Waals surface area contributed by atoms with Crippen LogP contribution in [0.25, 0.3) is 0 Å². The molecule has 1 heterocycles. The van der Waals surface area contributed by atoms with Crippen LogP contribution in [-0.4, -0.2) is 36.0 Å². The van der Waals surface area contributed by atoms with E-state index >= 15 is 0 Å². The molecule has 0 saturated carbocycles. The Morgan fingerprint density at radius 1 is 1.00 bits per heavy atom. The monoisotopic (exact) mass is 366 g/mol. The summed E-state index contributed by atoms with van der Waals surface area (Å²) in [7, 11) is 0. The average Bonchev–Trinajstić information content (AvgIpc) is 2.69. The molecule has 3 rings (SSSR count). The summed E-state index contributed by atoms with van der Waals surface area (Å²) in [4.78, 5) is 25.8. The van der Waals surface area contributed by atoms with Crippen molar-refractivity contribution in [2.45, 2.75) is 32.0 Å². The van der Waals surface area contributed by atoms with Crippen molar-refractivity contribution in [1.29, 1.82) is 0 Å². The first kappa shape index (κ1) is 18.9. The summed E-state index contributed by atoms with van der Waals surface area (Å²) < 4.78 is 0. The number of nitrogens with zero attached hydrogens (tertiary/aromatic N) is 1. The maximum atomic E-state index is 12.1.